The second-order valence-corrected chi connectivity index (χ2v) is 4.72. The van der Waals surface area contributed by atoms with Crippen LogP contribution in [0.4, 0.5) is 0 Å². The summed E-state index contributed by atoms with van der Waals surface area (Å²) in [5.41, 5.74) is 0. The Bertz CT molecular complexity index is 169. The fourth-order valence-electron chi connectivity index (χ4n) is 2.64. The minimum absolute atomic E-state index is 0.251. The first-order valence-electron chi connectivity index (χ1n) is 5.98. The molecule has 2 atom stereocenters. The van der Waals surface area contributed by atoms with Crippen molar-refractivity contribution in [3.8, 4) is 0 Å². The zero-order valence-corrected chi connectivity index (χ0v) is 8.91. The van der Waals surface area contributed by atoms with E-state index in [-0.39, 0.29) is 6.23 Å². The summed E-state index contributed by atoms with van der Waals surface area (Å²) in [6.07, 6.45) is 6.06. The summed E-state index contributed by atoms with van der Waals surface area (Å²) < 4.78 is 0. The van der Waals surface area contributed by atoms with Crippen LogP contribution < -0.4 is 5.32 Å². The molecular weight excluding hydrogens is 176 g/mol. The minimum Gasteiger partial charge on any atom is -0.379 e. The van der Waals surface area contributed by atoms with Crippen LogP contribution in [0.2, 0.25) is 0 Å². The fraction of sp³-hybridized carbons (Fsp3) is 1.00. The van der Waals surface area contributed by atoms with E-state index < -0.39 is 0 Å². The SMILES string of the molecule is OC1CC(CN2CCCCC2)CCN1. The molecule has 0 amide bonds. The van der Waals surface area contributed by atoms with Crippen molar-refractivity contribution in [1.82, 2.24) is 10.2 Å². The molecule has 0 radical (unpaired) electrons. The van der Waals surface area contributed by atoms with Gasteiger partial charge in [0.15, 0.2) is 0 Å². The van der Waals surface area contributed by atoms with Gasteiger partial charge in [0.25, 0.3) is 0 Å². The van der Waals surface area contributed by atoms with Crippen molar-refractivity contribution >= 4 is 0 Å². The molecule has 3 nitrogen and oxygen atoms in total. The molecule has 2 fully saturated rings. The van der Waals surface area contributed by atoms with E-state index in [0.717, 1.165) is 13.0 Å². The van der Waals surface area contributed by atoms with Gasteiger partial charge in [-0.3, -0.25) is 5.32 Å². The molecule has 2 saturated heterocycles. The van der Waals surface area contributed by atoms with Gasteiger partial charge < -0.3 is 10.0 Å². The van der Waals surface area contributed by atoms with E-state index in [9.17, 15) is 5.11 Å². The topological polar surface area (TPSA) is 35.5 Å². The van der Waals surface area contributed by atoms with E-state index in [1.807, 2.05) is 0 Å². The Morgan fingerprint density at radius 2 is 2.00 bits per heavy atom. The van der Waals surface area contributed by atoms with Gasteiger partial charge in [-0.1, -0.05) is 6.42 Å². The number of rotatable bonds is 2. The average Bonchev–Trinajstić information content (AvgIpc) is 2.19. The molecule has 14 heavy (non-hydrogen) atoms. The Morgan fingerprint density at radius 1 is 1.21 bits per heavy atom. The van der Waals surface area contributed by atoms with E-state index in [2.05, 4.69) is 10.2 Å². The lowest BCUT2D eigenvalue weighted by Gasteiger charge is -2.33. The van der Waals surface area contributed by atoms with Gasteiger partial charge in [-0.15, -0.1) is 0 Å². The maximum absolute atomic E-state index is 9.48. The Kier molecular flexibility index (Phi) is 3.79. The normalized spacial score (nSPS) is 35.8. The highest BCUT2D eigenvalue weighted by Gasteiger charge is 2.22. The number of nitrogens with one attached hydrogen (secondary N) is 1. The Balaban J connectivity index is 1.72. The molecule has 0 aromatic rings. The van der Waals surface area contributed by atoms with Crippen LogP contribution in [0.3, 0.4) is 0 Å². The number of aliphatic hydroxyl groups is 1. The van der Waals surface area contributed by atoms with Gasteiger partial charge in [0.2, 0.25) is 0 Å². The van der Waals surface area contributed by atoms with Crippen molar-refractivity contribution in [1.29, 1.82) is 0 Å². The highest BCUT2D eigenvalue weighted by Crippen LogP contribution is 2.18. The lowest BCUT2D eigenvalue weighted by atomic mass is 9.95. The number of hydrogen-bond donors (Lipinski definition) is 2. The van der Waals surface area contributed by atoms with Crippen LogP contribution in [0, 0.1) is 5.92 Å². The summed E-state index contributed by atoms with van der Waals surface area (Å²) >= 11 is 0. The summed E-state index contributed by atoms with van der Waals surface area (Å²) in [5.74, 6) is 0.712. The van der Waals surface area contributed by atoms with E-state index in [4.69, 9.17) is 0 Å². The van der Waals surface area contributed by atoms with E-state index >= 15 is 0 Å². The molecular formula is C11H22N2O. The van der Waals surface area contributed by atoms with Gasteiger partial charge in [-0.2, -0.15) is 0 Å². The first-order valence-corrected chi connectivity index (χ1v) is 5.98. The second-order valence-electron chi connectivity index (χ2n) is 4.72. The number of piperidine rings is 2. The second kappa shape index (κ2) is 5.10. The Morgan fingerprint density at radius 3 is 2.71 bits per heavy atom. The highest BCUT2D eigenvalue weighted by atomic mass is 16.3. The van der Waals surface area contributed by atoms with E-state index in [1.165, 1.54) is 45.3 Å². The molecule has 0 aromatic carbocycles. The monoisotopic (exact) mass is 198 g/mol. The van der Waals surface area contributed by atoms with Crippen molar-refractivity contribution in [2.24, 2.45) is 5.92 Å². The molecule has 0 saturated carbocycles. The Labute approximate surface area is 86.5 Å². The fourth-order valence-corrected chi connectivity index (χ4v) is 2.64. The average molecular weight is 198 g/mol. The molecule has 0 aromatic heterocycles. The van der Waals surface area contributed by atoms with Crippen molar-refractivity contribution < 1.29 is 5.11 Å². The quantitative estimate of drug-likeness (QED) is 0.688. The van der Waals surface area contributed by atoms with Crippen molar-refractivity contribution in [2.45, 2.75) is 38.3 Å². The standard InChI is InChI=1S/C11H22N2O/c14-11-8-10(4-5-12-11)9-13-6-2-1-3-7-13/h10-12,14H,1-9H2. The summed E-state index contributed by atoms with van der Waals surface area (Å²) in [7, 11) is 0. The Hall–Kier alpha value is -0.120. The lowest BCUT2D eigenvalue weighted by Crippen LogP contribution is -2.43. The predicted octanol–water partition coefficient (Wildman–Crippen LogP) is 0.790. The number of likely N-dealkylation sites (tertiary alicyclic amines) is 1. The third kappa shape index (κ3) is 2.94. The highest BCUT2D eigenvalue weighted by molar-refractivity contribution is 4.76. The summed E-state index contributed by atoms with van der Waals surface area (Å²) in [5, 5.41) is 12.6. The summed E-state index contributed by atoms with van der Waals surface area (Å²) in [4.78, 5) is 2.58. The number of nitrogens with zero attached hydrogens (tertiary/aromatic N) is 1. The molecule has 82 valence electrons. The zero-order valence-electron chi connectivity index (χ0n) is 8.91. The molecule has 2 aliphatic rings. The summed E-state index contributed by atoms with van der Waals surface area (Å²) in [6, 6.07) is 0. The molecule has 2 unspecified atom stereocenters. The van der Waals surface area contributed by atoms with Crippen LogP contribution in [0.5, 0.6) is 0 Å². The zero-order chi connectivity index (χ0) is 9.80. The number of aliphatic hydroxyl groups excluding tert-OH is 1. The van der Waals surface area contributed by atoms with Crippen LogP contribution in [0.1, 0.15) is 32.1 Å². The van der Waals surface area contributed by atoms with Crippen molar-refractivity contribution in [2.75, 3.05) is 26.2 Å². The molecule has 2 heterocycles. The largest absolute Gasteiger partial charge is 0.379 e. The van der Waals surface area contributed by atoms with Crippen LogP contribution in [0.15, 0.2) is 0 Å². The third-order valence-electron chi connectivity index (χ3n) is 3.45. The first kappa shape index (κ1) is 10.4. The third-order valence-corrected chi connectivity index (χ3v) is 3.45. The van der Waals surface area contributed by atoms with E-state index in [1.54, 1.807) is 0 Å². The molecule has 0 bridgehead atoms. The van der Waals surface area contributed by atoms with Crippen molar-refractivity contribution in [3.63, 3.8) is 0 Å². The number of hydrogen-bond acceptors (Lipinski definition) is 3. The van der Waals surface area contributed by atoms with Gasteiger partial charge in [-0.05, 0) is 51.2 Å². The van der Waals surface area contributed by atoms with Crippen LogP contribution in [-0.2, 0) is 0 Å². The molecule has 0 aliphatic carbocycles. The van der Waals surface area contributed by atoms with Gasteiger partial charge in [0.1, 0.15) is 6.23 Å². The molecule has 2 rings (SSSR count). The van der Waals surface area contributed by atoms with Crippen LogP contribution >= 0.6 is 0 Å². The minimum atomic E-state index is -0.251. The van der Waals surface area contributed by atoms with Crippen molar-refractivity contribution in [3.05, 3.63) is 0 Å². The summed E-state index contributed by atoms with van der Waals surface area (Å²) in [6.45, 7) is 4.75. The van der Waals surface area contributed by atoms with E-state index in [0.29, 0.717) is 5.92 Å². The van der Waals surface area contributed by atoms with Gasteiger partial charge in [0, 0.05) is 6.54 Å². The van der Waals surface area contributed by atoms with Crippen LogP contribution in [0.25, 0.3) is 0 Å². The maximum atomic E-state index is 9.48. The smallest absolute Gasteiger partial charge is 0.105 e. The predicted molar refractivity (Wildman–Crippen MR) is 57.0 cm³/mol. The maximum Gasteiger partial charge on any atom is 0.105 e. The molecule has 2 N–H and O–H groups in total. The molecule has 3 heteroatoms. The molecule has 0 spiro atoms. The van der Waals surface area contributed by atoms with Gasteiger partial charge in [0.05, 0.1) is 0 Å². The lowest BCUT2D eigenvalue weighted by molar-refractivity contribution is 0.0639. The molecule has 2 aliphatic heterocycles. The van der Waals surface area contributed by atoms with Gasteiger partial charge in [-0.25, -0.2) is 0 Å². The van der Waals surface area contributed by atoms with Gasteiger partial charge >= 0.3 is 0 Å². The van der Waals surface area contributed by atoms with Crippen LogP contribution in [-0.4, -0.2) is 42.4 Å². The first-order chi connectivity index (χ1) is 6.84.